The average molecular weight is 214 g/mol. The number of hydrogen-bond donors (Lipinski definition) is 1. The summed E-state index contributed by atoms with van der Waals surface area (Å²) >= 11 is 0. The van der Waals surface area contributed by atoms with Crippen LogP contribution in [0.15, 0.2) is 22.7 Å². The molecule has 0 radical (unpaired) electrons. The Kier molecular flexibility index (Phi) is 1.46. The first-order chi connectivity index (χ1) is 7.78. The van der Waals surface area contributed by atoms with Gasteiger partial charge in [-0.1, -0.05) is 17.3 Å². The summed E-state index contributed by atoms with van der Waals surface area (Å²) in [7, 11) is 0. The van der Waals surface area contributed by atoms with E-state index in [1.165, 1.54) is 18.2 Å². The van der Waals surface area contributed by atoms with Crippen LogP contribution in [0.2, 0.25) is 0 Å². The van der Waals surface area contributed by atoms with E-state index in [-0.39, 0.29) is 5.54 Å². The predicted molar refractivity (Wildman–Crippen MR) is 61.1 cm³/mol. The van der Waals surface area contributed by atoms with E-state index in [2.05, 4.69) is 23.4 Å². The van der Waals surface area contributed by atoms with Crippen LogP contribution in [0.4, 0.5) is 0 Å². The molecule has 1 heterocycles. The van der Waals surface area contributed by atoms with E-state index in [1.54, 1.807) is 0 Å². The van der Waals surface area contributed by atoms with E-state index in [0.717, 1.165) is 29.7 Å². The van der Waals surface area contributed by atoms with E-state index < -0.39 is 0 Å². The minimum absolute atomic E-state index is 0.139. The van der Waals surface area contributed by atoms with Crippen LogP contribution in [0, 0.1) is 0 Å². The summed E-state index contributed by atoms with van der Waals surface area (Å²) in [6.07, 6.45) is 4.62. The summed E-state index contributed by atoms with van der Waals surface area (Å²) in [6.45, 7) is 0. The normalized spacial score (nSPS) is 22.6. The molecule has 3 heteroatoms. The van der Waals surface area contributed by atoms with Crippen molar-refractivity contribution in [1.29, 1.82) is 0 Å². The van der Waals surface area contributed by atoms with Crippen LogP contribution in [0.5, 0.6) is 0 Å². The minimum Gasteiger partial charge on any atom is -0.356 e. The van der Waals surface area contributed by atoms with Crippen molar-refractivity contribution in [3.05, 3.63) is 29.5 Å². The monoisotopic (exact) mass is 214 g/mol. The zero-order chi connectivity index (χ0) is 10.8. The quantitative estimate of drug-likeness (QED) is 0.836. The average Bonchev–Trinajstić information content (AvgIpc) is 3.21. The highest BCUT2D eigenvalue weighted by Gasteiger charge is 2.42. The van der Waals surface area contributed by atoms with Gasteiger partial charge in [-0.2, -0.15) is 0 Å². The summed E-state index contributed by atoms with van der Waals surface area (Å²) < 4.78 is 5.52. The maximum absolute atomic E-state index is 6.25. The fraction of sp³-hybridized carbons (Fsp3) is 0.462. The molecule has 2 fully saturated rings. The van der Waals surface area contributed by atoms with Crippen LogP contribution >= 0.6 is 0 Å². The summed E-state index contributed by atoms with van der Waals surface area (Å²) in [6, 6.07) is 6.26. The maximum atomic E-state index is 6.25. The van der Waals surface area contributed by atoms with Crippen molar-refractivity contribution in [2.45, 2.75) is 37.1 Å². The SMILES string of the molecule is NC1(c2cccc3c(C4CC4)noc23)CC1. The Morgan fingerprint density at radius 2 is 2.12 bits per heavy atom. The molecule has 3 nitrogen and oxygen atoms in total. The van der Waals surface area contributed by atoms with Gasteiger partial charge in [0.05, 0.1) is 5.69 Å². The van der Waals surface area contributed by atoms with Crippen molar-refractivity contribution in [2.75, 3.05) is 0 Å². The number of hydrogen-bond acceptors (Lipinski definition) is 3. The van der Waals surface area contributed by atoms with Crippen molar-refractivity contribution < 1.29 is 4.52 Å². The molecule has 0 atom stereocenters. The molecule has 82 valence electrons. The highest BCUT2D eigenvalue weighted by atomic mass is 16.5. The van der Waals surface area contributed by atoms with Crippen molar-refractivity contribution in [2.24, 2.45) is 5.73 Å². The molecule has 1 aromatic carbocycles. The Balaban J connectivity index is 1.97. The molecule has 0 saturated heterocycles. The second-order valence-electron chi connectivity index (χ2n) is 5.18. The first kappa shape index (κ1) is 8.76. The maximum Gasteiger partial charge on any atom is 0.172 e. The Morgan fingerprint density at radius 1 is 1.31 bits per heavy atom. The number of rotatable bonds is 2. The molecular formula is C13H14N2O. The molecule has 2 aliphatic carbocycles. The van der Waals surface area contributed by atoms with Crippen LogP contribution < -0.4 is 5.73 Å². The Hall–Kier alpha value is -1.35. The third-order valence-electron chi connectivity index (χ3n) is 3.82. The van der Waals surface area contributed by atoms with Crippen LogP contribution in [0.25, 0.3) is 11.0 Å². The predicted octanol–water partition coefficient (Wildman–Crippen LogP) is 2.65. The van der Waals surface area contributed by atoms with E-state index in [1.807, 2.05) is 0 Å². The second-order valence-corrected chi connectivity index (χ2v) is 5.18. The lowest BCUT2D eigenvalue weighted by Crippen LogP contribution is -2.18. The van der Waals surface area contributed by atoms with Gasteiger partial charge < -0.3 is 10.3 Å². The van der Waals surface area contributed by atoms with E-state index >= 15 is 0 Å². The fourth-order valence-corrected chi connectivity index (χ4v) is 2.43. The van der Waals surface area contributed by atoms with Gasteiger partial charge in [-0.15, -0.1) is 0 Å². The highest BCUT2D eigenvalue weighted by molar-refractivity contribution is 5.84. The molecule has 0 aliphatic heterocycles. The van der Waals surface area contributed by atoms with Gasteiger partial charge in [-0.05, 0) is 31.7 Å². The topological polar surface area (TPSA) is 52.0 Å². The number of fused-ring (bicyclic) bond motifs is 1. The zero-order valence-corrected chi connectivity index (χ0v) is 9.07. The molecule has 2 saturated carbocycles. The number of benzene rings is 1. The molecule has 1 aromatic heterocycles. The Labute approximate surface area is 93.6 Å². The third kappa shape index (κ3) is 1.09. The fourth-order valence-electron chi connectivity index (χ4n) is 2.43. The van der Waals surface area contributed by atoms with Crippen molar-refractivity contribution in [3.8, 4) is 0 Å². The van der Waals surface area contributed by atoms with Gasteiger partial charge >= 0.3 is 0 Å². The smallest absolute Gasteiger partial charge is 0.172 e. The lowest BCUT2D eigenvalue weighted by atomic mass is 10.0. The van der Waals surface area contributed by atoms with E-state index in [9.17, 15) is 0 Å². The van der Waals surface area contributed by atoms with Gasteiger partial charge in [0.1, 0.15) is 0 Å². The third-order valence-corrected chi connectivity index (χ3v) is 3.82. The molecule has 4 rings (SSSR count). The molecule has 2 aromatic rings. The molecule has 0 amide bonds. The Morgan fingerprint density at radius 3 is 2.81 bits per heavy atom. The van der Waals surface area contributed by atoms with Crippen molar-refractivity contribution in [3.63, 3.8) is 0 Å². The highest BCUT2D eigenvalue weighted by Crippen LogP contribution is 2.48. The molecule has 0 spiro atoms. The first-order valence-electron chi connectivity index (χ1n) is 5.96. The number of para-hydroxylation sites is 1. The van der Waals surface area contributed by atoms with Gasteiger partial charge in [0.25, 0.3) is 0 Å². The van der Waals surface area contributed by atoms with Crippen molar-refractivity contribution in [1.82, 2.24) is 5.16 Å². The lowest BCUT2D eigenvalue weighted by molar-refractivity contribution is 0.441. The number of nitrogens with two attached hydrogens (primary N) is 1. The van der Waals surface area contributed by atoms with Gasteiger partial charge in [0.15, 0.2) is 5.58 Å². The standard InChI is InChI=1S/C13H14N2O/c14-13(6-7-13)10-3-1-2-9-11(8-4-5-8)15-16-12(9)10/h1-3,8H,4-7,14H2. The molecule has 2 N–H and O–H groups in total. The van der Waals surface area contributed by atoms with Crippen LogP contribution in [-0.2, 0) is 5.54 Å². The van der Waals surface area contributed by atoms with Crippen molar-refractivity contribution >= 4 is 11.0 Å². The molecule has 0 bridgehead atoms. The zero-order valence-electron chi connectivity index (χ0n) is 9.07. The lowest BCUT2D eigenvalue weighted by Gasteiger charge is -2.08. The summed E-state index contributed by atoms with van der Waals surface area (Å²) in [5.74, 6) is 0.629. The first-order valence-corrected chi connectivity index (χ1v) is 5.96. The number of nitrogens with zero attached hydrogens (tertiary/aromatic N) is 1. The van der Waals surface area contributed by atoms with Crippen LogP contribution in [0.3, 0.4) is 0 Å². The van der Waals surface area contributed by atoms with Crippen LogP contribution in [0.1, 0.15) is 42.9 Å². The largest absolute Gasteiger partial charge is 0.356 e. The number of aromatic nitrogens is 1. The summed E-state index contributed by atoms with van der Waals surface area (Å²) in [5, 5.41) is 5.41. The van der Waals surface area contributed by atoms with Gasteiger partial charge in [0.2, 0.25) is 0 Å². The summed E-state index contributed by atoms with van der Waals surface area (Å²) in [4.78, 5) is 0. The van der Waals surface area contributed by atoms with Crippen LogP contribution in [-0.4, -0.2) is 5.16 Å². The van der Waals surface area contributed by atoms with Gasteiger partial charge in [-0.25, -0.2) is 0 Å². The second kappa shape index (κ2) is 2.66. The molecule has 16 heavy (non-hydrogen) atoms. The minimum atomic E-state index is -0.139. The van der Waals surface area contributed by atoms with Gasteiger partial charge in [-0.3, -0.25) is 0 Å². The summed E-state index contributed by atoms with van der Waals surface area (Å²) in [5.41, 5.74) is 9.31. The molecule has 2 aliphatic rings. The van der Waals surface area contributed by atoms with E-state index in [0.29, 0.717) is 5.92 Å². The Bertz CT molecular complexity index is 564. The molecular weight excluding hydrogens is 200 g/mol. The molecule has 0 unspecified atom stereocenters. The van der Waals surface area contributed by atoms with Gasteiger partial charge in [0, 0.05) is 22.4 Å². The van der Waals surface area contributed by atoms with E-state index in [4.69, 9.17) is 10.3 Å².